The van der Waals surface area contributed by atoms with Crippen molar-refractivity contribution in [3.63, 3.8) is 0 Å². The summed E-state index contributed by atoms with van der Waals surface area (Å²) in [7, 11) is -3.23. The molecule has 1 heterocycles. The number of rotatable bonds is 4. The molecule has 0 atom stereocenters. The summed E-state index contributed by atoms with van der Waals surface area (Å²) in [6, 6.07) is 37.1. The van der Waals surface area contributed by atoms with E-state index in [2.05, 4.69) is 60.7 Å². The van der Waals surface area contributed by atoms with E-state index in [0.717, 1.165) is 50.7 Å². The molecule has 3 aromatic rings. The molecular weight excluding hydrogens is 468 g/mol. The van der Waals surface area contributed by atoms with Crippen molar-refractivity contribution in [2.45, 2.75) is 0 Å². The number of benzene rings is 2. The number of hydrogen-bond donors (Lipinski definition) is 0. The molecular formula is C28H21ClO6. The van der Waals surface area contributed by atoms with Crippen LogP contribution in [0.25, 0.3) is 44.9 Å². The van der Waals surface area contributed by atoms with Gasteiger partial charge >= 0.3 is 11.5 Å². The highest BCUT2D eigenvalue weighted by molar-refractivity contribution is 5.92. The number of methoxy groups -OCH3 is 1. The minimum absolute atomic E-state index is 0.834. The van der Waals surface area contributed by atoms with Crippen molar-refractivity contribution in [2.24, 2.45) is 0 Å². The molecule has 1 aromatic heterocycles. The highest BCUT2D eigenvalue weighted by atomic mass is 35.7. The maximum atomic E-state index is 8.49. The zero-order valence-corrected chi connectivity index (χ0v) is 19.5. The van der Waals surface area contributed by atoms with E-state index in [1.54, 1.807) is 7.11 Å². The van der Waals surface area contributed by atoms with E-state index in [0.29, 0.717) is 0 Å². The van der Waals surface area contributed by atoms with Crippen molar-refractivity contribution < 1.29 is 38.0 Å². The summed E-state index contributed by atoms with van der Waals surface area (Å²) in [4.78, 5) is 0. The molecule has 0 spiro atoms. The molecule has 0 fully saturated rings. The Morgan fingerprint density at radius 3 is 1.43 bits per heavy atom. The molecule has 6 nitrogen and oxygen atoms in total. The van der Waals surface area contributed by atoms with Gasteiger partial charge < -0.3 is 4.74 Å². The number of halogens is 1. The zero-order chi connectivity index (χ0) is 24.8. The van der Waals surface area contributed by atoms with Gasteiger partial charge in [-0.05, 0) is 41.5 Å². The molecule has 0 radical (unpaired) electrons. The van der Waals surface area contributed by atoms with E-state index in [-0.39, 0.29) is 0 Å². The zero-order valence-electron chi connectivity index (χ0n) is 18.7. The van der Waals surface area contributed by atoms with Crippen molar-refractivity contribution in [3.8, 4) is 50.7 Å². The van der Waals surface area contributed by atoms with Crippen LogP contribution in [0, 0.1) is 10.2 Å². The molecule has 0 amide bonds. The minimum atomic E-state index is -4.94. The Balaban J connectivity index is 0.000000527. The highest BCUT2D eigenvalue weighted by Crippen LogP contribution is 2.44. The van der Waals surface area contributed by atoms with Gasteiger partial charge in [0.15, 0.2) is 0 Å². The summed E-state index contributed by atoms with van der Waals surface area (Å²) in [6.07, 6.45) is 0. The van der Waals surface area contributed by atoms with Crippen LogP contribution in [0.4, 0.5) is 0 Å². The van der Waals surface area contributed by atoms with Gasteiger partial charge in [-0.2, -0.15) is 0 Å². The van der Waals surface area contributed by atoms with Crippen molar-refractivity contribution in [1.29, 1.82) is 0 Å². The Labute approximate surface area is 205 Å². The quantitative estimate of drug-likeness (QED) is 0.359. The molecule has 0 saturated heterocycles. The lowest BCUT2D eigenvalue weighted by Gasteiger charge is -2.17. The third-order valence-electron chi connectivity index (χ3n) is 5.31. The van der Waals surface area contributed by atoms with E-state index >= 15 is 0 Å². The lowest BCUT2D eigenvalue weighted by Crippen LogP contribution is -2.68. The Morgan fingerprint density at radius 2 is 0.971 bits per heavy atom. The molecule has 7 heteroatoms. The van der Waals surface area contributed by atoms with Crippen molar-refractivity contribution in [1.82, 2.24) is 0 Å². The fourth-order valence-electron chi connectivity index (χ4n) is 3.84. The smallest absolute Gasteiger partial charge is 0.361 e. The lowest BCUT2D eigenvalue weighted by molar-refractivity contribution is -2.00. The van der Waals surface area contributed by atoms with Gasteiger partial charge in [-0.1, -0.05) is 66.7 Å². The fourth-order valence-corrected chi connectivity index (χ4v) is 3.84. The third-order valence-corrected chi connectivity index (χ3v) is 5.31. The van der Waals surface area contributed by atoms with Gasteiger partial charge in [0.2, 0.25) is 0 Å². The van der Waals surface area contributed by atoms with E-state index in [1.165, 1.54) is 0 Å². The van der Waals surface area contributed by atoms with Crippen LogP contribution in [-0.4, -0.2) is 7.11 Å². The van der Waals surface area contributed by atoms with Gasteiger partial charge in [0.1, 0.15) is 5.75 Å². The Bertz CT molecular complexity index is 1300. The van der Waals surface area contributed by atoms with Crippen LogP contribution in [0.2, 0.25) is 0 Å². The fraction of sp³-hybridized carbons (Fsp3) is 0.0357. The summed E-state index contributed by atoms with van der Waals surface area (Å²) < 4.78 is 46.0. The molecule has 2 aliphatic rings. The summed E-state index contributed by atoms with van der Waals surface area (Å²) in [5.41, 5.74) is 6.57. The largest absolute Gasteiger partial charge is 0.496 e. The van der Waals surface area contributed by atoms with Crippen LogP contribution in [-0.2, 0) is 0 Å². The van der Waals surface area contributed by atoms with Crippen molar-refractivity contribution in [3.05, 3.63) is 109 Å². The summed E-state index contributed by atoms with van der Waals surface area (Å²) in [5, 5.41) is 0. The SMILES string of the molecule is COc1cc(-c2cc(-c3ccccc3)[o+]c(-c3ccccc3)c2)c2cccccc1-2.[O-][Cl+3]([O-])([O-])[O-]. The molecule has 176 valence electrons. The lowest BCUT2D eigenvalue weighted by atomic mass is 10.00. The Morgan fingerprint density at radius 1 is 0.543 bits per heavy atom. The van der Waals surface area contributed by atoms with Gasteiger partial charge in [-0.25, -0.2) is 23.1 Å². The summed E-state index contributed by atoms with van der Waals surface area (Å²) in [6.45, 7) is 0. The number of ether oxygens (including phenoxy) is 1. The predicted octanol–water partition coefficient (Wildman–Crippen LogP) is 2.92. The second kappa shape index (κ2) is 10.7. The van der Waals surface area contributed by atoms with Crippen LogP contribution in [0.1, 0.15) is 0 Å². The molecule has 5 rings (SSSR count). The molecule has 2 aromatic carbocycles. The van der Waals surface area contributed by atoms with Crippen LogP contribution < -0.4 is 23.4 Å². The normalized spacial score (nSPS) is 11.0. The average Bonchev–Trinajstić information content (AvgIpc) is 3.03. The second-order valence-electron chi connectivity index (χ2n) is 7.55. The molecule has 0 saturated carbocycles. The van der Waals surface area contributed by atoms with Gasteiger partial charge in [0, 0.05) is 11.1 Å². The van der Waals surface area contributed by atoms with E-state index < -0.39 is 10.2 Å². The first-order valence-corrected chi connectivity index (χ1v) is 11.8. The predicted molar refractivity (Wildman–Crippen MR) is 123 cm³/mol. The molecule has 0 N–H and O–H groups in total. The maximum absolute atomic E-state index is 8.49. The van der Waals surface area contributed by atoms with Crippen LogP contribution in [0.3, 0.4) is 0 Å². The van der Waals surface area contributed by atoms with Crippen LogP contribution >= 0.6 is 0 Å². The molecule has 2 aliphatic carbocycles. The first kappa shape index (κ1) is 24.3. The second-order valence-corrected chi connectivity index (χ2v) is 8.30. The molecule has 0 bridgehead atoms. The average molecular weight is 489 g/mol. The summed E-state index contributed by atoms with van der Waals surface area (Å²) >= 11 is 0. The monoisotopic (exact) mass is 488 g/mol. The minimum Gasteiger partial charge on any atom is -0.496 e. The van der Waals surface area contributed by atoms with Crippen molar-refractivity contribution in [2.75, 3.05) is 7.11 Å². The van der Waals surface area contributed by atoms with Gasteiger partial charge in [0.25, 0.3) is 0 Å². The molecule has 0 unspecified atom stereocenters. The van der Waals surface area contributed by atoms with E-state index in [1.807, 2.05) is 48.5 Å². The van der Waals surface area contributed by atoms with E-state index in [4.69, 9.17) is 27.8 Å². The summed E-state index contributed by atoms with van der Waals surface area (Å²) in [5.74, 6) is 2.54. The Hall–Kier alpha value is -3.78. The van der Waals surface area contributed by atoms with Gasteiger partial charge in [0.05, 0.1) is 30.4 Å². The molecule has 0 aliphatic heterocycles. The van der Waals surface area contributed by atoms with Crippen LogP contribution in [0.15, 0.2) is 114 Å². The number of fused-ring (bicyclic) bond motifs is 1. The first-order chi connectivity index (χ1) is 16.8. The maximum Gasteiger partial charge on any atom is 0.361 e. The number of hydrogen-bond acceptors (Lipinski definition) is 5. The first-order valence-electron chi connectivity index (χ1n) is 10.6. The topological polar surface area (TPSA) is 113 Å². The molecule has 35 heavy (non-hydrogen) atoms. The van der Waals surface area contributed by atoms with E-state index in [9.17, 15) is 0 Å². The highest BCUT2D eigenvalue weighted by Gasteiger charge is 2.24. The Kier molecular flexibility index (Phi) is 7.41. The van der Waals surface area contributed by atoms with Gasteiger partial charge in [-0.3, -0.25) is 0 Å². The standard InChI is InChI=1S/C28H21O2.ClHO4/c1-29-28-19-25(23-15-9-4-10-16-24(23)28)22-17-26(20-11-5-2-6-12-20)30-27(18-22)21-13-7-3-8-14-21;2-1(3,4)5/h2-19H,1H3;(H,2,3,4,5)/q+1;/p-1. The van der Waals surface area contributed by atoms with Gasteiger partial charge in [-0.15, -0.1) is 10.2 Å². The van der Waals surface area contributed by atoms with Crippen molar-refractivity contribution >= 4 is 0 Å². The van der Waals surface area contributed by atoms with Crippen LogP contribution in [0.5, 0.6) is 5.75 Å². The third kappa shape index (κ3) is 6.22.